The van der Waals surface area contributed by atoms with E-state index in [4.69, 9.17) is 28.5 Å². The van der Waals surface area contributed by atoms with Crippen molar-refractivity contribution in [2.24, 2.45) is 0 Å². The molecule has 2 N–H and O–H groups in total. The number of hydrogen-bond acceptors (Lipinski definition) is 2. The molecule has 1 aromatic carbocycles. The summed E-state index contributed by atoms with van der Waals surface area (Å²) in [5, 5.41) is 0.517. The number of hydrogen-bond donors (Lipinski definition) is 1. The lowest BCUT2D eigenvalue weighted by atomic mass is 10.3. The molecule has 0 amide bonds. The topological polar surface area (TPSA) is 35.2 Å². The molecule has 2 nitrogen and oxygen atoms in total. The van der Waals surface area contributed by atoms with E-state index in [9.17, 15) is 0 Å². The van der Waals surface area contributed by atoms with Gasteiger partial charge in [-0.3, -0.25) is 0 Å². The second kappa shape index (κ2) is 3.89. The molecule has 0 saturated carbocycles. The van der Waals surface area contributed by atoms with Crippen LogP contribution in [0.25, 0.3) is 0 Å². The molecule has 0 bridgehead atoms. The van der Waals surface area contributed by atoms with E-state index < -0.39 is 0 Å². The molecule has 62 valence electrons. The maximum atomic E-state index is 5.69. The number of nitrogen functional groups attached to an aromatic ring is 1. The Balaban J connectivity index is 2.77. The summed E-state index contributed by atoms with van der Waals surface area (Å²) >= 11 is 5.69. The summed E-state index contributed by atoms with van der Waals surface area (Å²) in [5.74, 6) is 2.99. The van der Waals surface area contributed by atoms with Crippen LogP contribution in [0.5, 0.6) is 5.75 Å². The SMILES string of the molecule is C#CCOc1ccc(Cl)c(N)c1. The number of halogens is 1. The summed E-state index contributed by atoms with van der Waals surface area (Å²) in [6.07, 6.45) is 5.01. The van der Waals surface area contributed by atoms with Gasteiger partial charge in [0.25, 0.3) is 0 Å². The molecular formula is C9H8ClNO. The van der Waals surface area contributed by atoms with Crippen LogP contribution < -0.4 is 10.5 Å². The fourth-order valence-corrected chi connectivity index (χ4v) is 0.854. The first-order chi connectivity index (χ1) is 5.74. The Labute approximate surface area is 76.3 Å². The van der Waals surface area contributed by atoms with E-state index in [0.717, 1.165) is 0 Å². The van der Waals surface area contributed by atoms with Crippen LogP contribution in [0, 0.1) is 12.3 Å². The predicted molar refractivity (Wildman–Crippen MR) is 50.2 cm³/mol. The molecule has 0 atom stereocenters. The van der Waals surface area contributed by atoms with Crippen LogP contribution in [0.3, 0.4) is 0 Å². The average Bonchev–Trinajstić information content (AvgIpc) is 2.07. The van der Waals surface area contributed by atoms with Gasteiger partial charge in [-0.1, -0.05) is 17.5 Å². The van der Waals surface area contributed by atoms with Crippen molar-refractivity contribution < 1.29 is 4.74 Å². The van der Waals surface area contributed by atoms with Crippen molar-refractivity contribution in [1.29, 1.82) is 0 Å². The molecule has 0 aliphatic carbocycles. The third kappa shape index (κ3) is 2.08. The van der Waals surface area contributed by atoms with E-state index in [1.54, 1.807) is 18.2 Å². The van der Waals surface area contributed by atoms with Gasteiger partial charge in [-0.2, -0.15) is 0 Å². The van der Waals surface area contributed by atoms with Crippen molar-refractivity contribution in [2.75, 3.05) is 12.3 Å². The van der Waals surface area contributed by atoms with Crippen LogP contribution in [-0.4, -0.2) is 6.61 Å². The summed E-state index contributed by atoms with van der Waals surface area (Å²) in [4.78, 5) is 0. The zero-order valence-corrected chi connectivity index (χ0v) is 7.14. The van der Waals surface area contributed by atoms with Crippen LogP contribution in [0.1, 0.15) is 0 Å². The summed E-state index contributed by atoms with van der Waals surface area (Å²) in [6.45, 7) is 0.237. The Hall–Kier alpha value is -1.33. The normalized spacial score (nSPS) is 9.00. The predicted octanol–water partition coefficient (Wildman–Crippen LogP) is 1.93. The maximum Gasteiger partial charge on any atom is 0.148 e. The second-order valence-corrected chi connectivity index (χ2v) is 2.58. The van der Waals surface area contributed by atoms with Crippen LogP contribution in [-0.2, 0) is 0 Å². The first-order valence-corrected chi connectivity index (χ1v) is 3.73. The third-order valence-electron chi connectivity index (χ3n) is 1.29. The lowest BCUT2D eigenvalue weighted by Crippen LogP contribution is -1.94. The molecular weight excluding hydrogens is 174 g/mol. The van der Waals surface area contributed by atoms with Crippen molar-refractivity contribution in [1.82, 2.24) is 0 Å². The van der Waals surface area contributed by atoms with Crippen molar-refractivity contribution in [2.45, 2.75) is 0 Å². The minimum Gasteiger partial charge on any atom is -0.481 e. The number of ether oxygens (including phenoxy) is 1. The number of terminal acetylenes is 1. The smallest absolute Gasteiger partial charge is 0.148 e. The molecule has 0 spiro atoms. The van der Waals surface area contributed by atoms with Crippen LogP contribution in [0.15, 0.2) is 18.2 Å². The quantitative estimate of drug-likeness (QED) is 0.559. The molecule has 0 unspecified atom stereocenters. The zero-order chi connectivity index (χ0) is 8.97. The second-order valence-electron chi connectivity index (χ2n) is 2.18. The highest BCUT2D eigenvalue weighted by Crippen LogP contribution is 2.23. The Morgan fingerprint density at radius 1 is 1.58 bits per heavy atom. The molecule has 0 heterocycles. The van der Waals surface area contributed by atoms with E-state index in [1.807, 2.05) is 0 Å². The molecule has 0 saturated heterocycles. The lowest BCUT2D eigenvalue weighted by Gasteiger charge is -2.03. The average molecular weight is 182 g/mol. The Morgan fingerprint density at radius 2 is 2.33 bits per heavy atom. The van der Waals surface area contributed by atoms with Gasteiger partial charge in [0, 0.05) is 6.07 Å². The van der Waals surface area contributed by atoms with E-state index >= 15 is 0 Å². The molecule has 0 fully saturated rings. The van der Waals surface area contributed by atoms with Crippen LogP contribution in [0.4, 0.5) is 5.69 Å². The summed E-state index contributed by atoms with van der Waals surface area (Å²) in [6, 6.07) is 5.03. The van der Waals surface area contributed by atoms with E-state index in [-0.39, 0.29) is 6.61 Å². The maximum absolute atomic E-state index is 5.69. The van der Waals surface area contributed by atoms with Crippen molar-refractivity contribution >= 4 is 17.3 Å². The molecule has 1 rings (SSSR count). The molecule has 12 heavy (non-hydrogen) atoms. The number of rotatable bonds is 2. The highest BCUT2D eigenvalue weighted by molar-refractivity contribution is 6.33. The zero-order valence-electron chi connectivity index (χ0n) is 6.38. The largest absolute Gasteiger partial charge is 0.481 e. The Kier molecular flexibility index (Phi) is 2.84. The van der Waals surface area contributed by atoms with Crippen LogP contribution >= 0.6 is 11.6 Å². The molecule has 0 radical (unpaired) electrons. The van der Waals surface area contributed by atoms with Gasteiger partial charge in [-0.05, 0) is 12.1 Å². The number of nitrogens with two attached hydrogens (primary N) is 1. The highest BCUT2D eigenvalue weighted by atomic mass is 35.5. The van der Waals surface area contributed by atoms with E-state index in [0.29, 0.717) is 16.5 Å². The standard InChI is InChI=1S/C9H8ClNO/c1-2-5-12-7-3-4-8(10)9(11)6-7/h1,3-4,6H,5,11H2. The number of benzene rings is 1. The number of anilines is 1. The Bertz CT molecular complexity index is 317. The Morgan fingerprint density at radius 3 is 2.92 bits per heavy atom. The fourth-order valence-electron chi connectivity index (χ4n) is 0.737. The molecule has 0 aliphatic heterocycles. The van der Waals surface area contributed by atoms with Gasteiger partial charge in [0.2, 0.25) is 0 Å². The van der Waals surface area contributed by atoms with E-state index in [2.05, 4.69) is 5.92 Å². The van der Waals surface area contributed by atoms with Gasteiger partial charge in [0.15, 0.2) is 0 Å². The highest BCUT2D eigenvalue weighted by Gasteiger charge is 1.97. The monoisotopic (exact) mass is 181 g/mol. The van der Waals surface area contributed by atoms with Gasteiger partial charge in [0.05, 0.1) is 10.7 Å². The molecule has 1 aromatic rings. The van der Waals surface area contributed by atoms with Gasteiger partial charge >= 0.3 is 0 Å². The fraction of sp³-hybridized carbons (Fsp3) is 0.111. The summed E-state index contributed by atoms with van der Waals surface area (Å²) in [7, 11) is 0. The van der Waals surface area contributed by atoms with Crippen molar-refractivity contribution in [3.63, 3.8) is 0 Å². The van der Waals surface area contributed by atoms with Gasteiger partial charge < -0.3 is 10.5 Å². The first-order valence-electron chi connectivity index (χ1n) is 3.35. The first kappa shape index (κ1) is 8.76. The van der Waals surface area contributed by atoms with E-state index in [1.165, 1.54) is 0 Å². The summed E-state index contributed by atoms with van der Waals surface area (Å²) in [5.41, 5.74) is 6.02. The van der Waals surface area contributed by atoms with Crippen molar-refractivity contribution in [3.05, 3.63) is 23.2 Å². The third-order valence-corrected chi connectivity index (χ3v) is 1.63. The lowest BCUT2D eigenvalue weighted by molar-refractivity contribution is 0.370. The van der Waals surface area contributed by atoms with Gasteiger partial charge in [0.1, 0.15) is 12.4 Å². The minimum atomic E-state index is 0.237. The molecule has 0 aromatic heterocycles. The van der Waals surface area contributed by atoms with Gasteiger partial charge in [-0.25, -0.2) is 0 Å². The molecule has 3 heteroatoms. The van der Waals surface area contributed by atoms with Crippen LogP contribution in [0.2, 0.25) is 5.02 Å². The molecule has 0 aliphatic rings. The summed E-state index contributed by atoms with van der Waals surface area (Å²) < 4.78 is 5.12. The van der Waals surface area contributed by atoms with Crippen molar-refractivity contribution in [3.8, 4) is 18.1 Å². The van der Waals surface area contributed by atoms with Gasteiger partial charge in [-0.15, -0.1) is 6.42 Å². The minimum absolute atomic E-state index is 0.237.